The maximum Gasteiger partial charge on any atom is 0.145 e. The van der Waals surface area contributed by atoms with Gasteiger partial charge in [0.1, 0.15) is 12.4 Å². The molecule has 0 saturated heterocycles. The largest absolute Gasteiger partial charge is 0.490 e. The summed E-state index contributed by atoms with van der Waals surface area (Å²) in [5, 5.41) is 3.21. The van der Waals surface area contributed by atoms with Crippen molar-refractivity contribution in [3.05, 3.63) is 36.1 Å². The normalized spacial score (nSPS) is 20.9. The van der Waals surface area contributed by atoms with Gasteiger partial charge in [0.05, 0.1) is 12.3 Å². The van der Waals surface area contributed by atoms with Crippen LogP contribution in [0.2, 0.25) is 0 Å². The van der Waals surface area contributed by atoms with E-state index in [0.29, 0.717) is 12.5 Å². The molecule has 1 saturated carbocycles. The van der Waals surface area contributed by atoms with Crippen LogP contribution in [0.25, 0.3) is 0 Å². The molecule has 0 aromatic rings. The first-order valence-electron chi connectivity index (χ1n) is 6.21. The summed E-state index contributed by atoms with van der Waals surface area (Å²) >= 11 is 0. The summed E-state index contributed by atoms with van der Waals surface area (Å²) in [4.78, 5) is 4.31. The molecule has 0 bridgehead atoms. The average molecular weight is 232 g/mol. The zero-order chi connectivity index (χ0) is 12.1. The van der Waals surface area contributed by atoms with Crippen LogP contribution >= 0.6 is 0 Å². The first kappa shape index (κ1) is 12.0. The van der Waals surface area contributed by atoms with Crippen molar-refractivity contribution in [3.8, 4) is 0 Å². The summed E-state index contributed by atoms with van der Waals surface area (Å²) in [6.45, 7) is 8.11. The molecular weight excluding hydrogens is 212 g/mol. The van der Waals surface area contributed by atoms with Gasteiger partial charge in [-0.2, -0.15) is 0 Å². The highest BCUT2D eigenvalue weighted by molar-refractivity contribution is 5.84. The number of ether oxygens (including phenoxy) is 1. The zero-order valence-corrected chi connectivity index (χ0v) is 10.4. The smallest absolute Gasteiger partial charge is 0.145 e. The minimum atomic E-state index is 0.560. The molecule has 2 rings (SSSR count). The van der Waals surface area contributed by atoms with Crippen LogP contribution in [-0.4, -0.2) is 25.5 Å². The van der Waals surface area contributed by atoms with Crippen LogP contribution in [0.4, 0.5) is 0 Å². The van der Waals surface area contributed by atoms with Gasteiger partial charge in [-0.1, -0.05) is 24.8 Å². The van der Waals surface area contributed by atoms with Crippen molar-refractivity contribution in [2.24, 2.45) is 10.9 Å². The van der Waals surface area contributed by atoms with Gasteiger partial charge < -0.3 is 10.1 Å². The number of aliphatic imine (C=N–C) groups is 1. The molecule has 0 radical (unpaired) electrons. The number of hydrogen-bond donors (Lipinski definition) is 1. The third-order valence-electron chi connectivity index (χ3n) is 3.00. The van der Waals surface area contributed by atoms with E-state index in [1.807, 2.05) is 13.0 Å². The van der Waals surface area contributed by atoms with E-state index in [4.69, 9.17) is 4.74 Å². The molecule has 1 fully saturated rings. The maximum absolute atomic E-state index is 5.79. The Morgan fingerprint density at radius 1 is 1.59 bits per heavy atom. The van der Waals surface area contributed by atoms with E-state index in [-0.39, 0.29) is 0 Å². The molecule has 92 valence electrons. The van der Waals surface area contributed by atoms with Gasteiger partial charge >= 0.3 is 0 Å². The van der Waals surface area contributed by atoms with E-state index in [0.717, 1.165) is 24.7 Å². The first-order valence-corrected chi connectivity index (χ1v) is 6.21. The topological polar surface area (TPSA) is 33.6 Å². The quantitative estimate of drug-likeness (QED) is 0.563. The van der Waals surface area contributed by atoms with E-state index in [1.165, 1.54) is 18.4 Å². The summed E-state index contributed by atoms with van der Waals surface area (Å²) in [5.41, 5.74) is 1.31. The zero-order valence-electron chi connectivity index (χ0n) is 10.4. The van der Waals surface area contributed by atoms with Crippen LogP contribution in [0.15, 0.2) is 41.1 Å². The lowest BCUT2D eigenvalue weighted by molar-refractivity contribution is 0.254. The Bertz CT molecular complexity index is 376. The summed E-state index contributed by atoms with van der Waals surface area (Å²) in [6, 6.07) is 0. The third kappa shape index (κ3) is 3.48. The molecule has 1 aliphatic heterocycles. The second-order valence-electron chi connectivity index (χ2n) is 4.42. The predicted octanol–water partition coefficient (Wildman–Crippen LogP) is 2.43. The third-order valence-corrected chi connectivity index (χ3v) is 3.00. The van der Waals surface area contributed by atoms with Crippen molar-refractivity contribution in [2.75, 3.05) is 19.7 Å². The van der Waals surface area contributed by atoms with Crippen LogP contribution in [-0.2, 0) is 4.74 Å². The van der Waals surface area contributed by atoms with Gasteiger partial charge in [0.25, 0.3) is 0 Å². The molecule has 0 unspecified atom stereocenters. The standard InChI is InChI=1S/C14H20N2O/c1-3-4-5-13(12-6-7-12)11(2)17-10-14-15-8-9-16-14/h3-5,12H,1,6-10H2,2H3,(H,15,16)/b5-4-,13-11-. The van der Waals surface area contributed by atoms with Crippen molar-refractivity contribution in [1.29, 1.82) is 0 Å². The SMILES string of the molecule is C=C/C=C\C(=C(/C)OCC1=NCCN1)C1CC1. The molecule has 3 heteroatoms. The van der Waals surface area contributed by atoms with Crippen molar-refractivity contribution >= 4 is 5.84 Å². The molecule has 0 amide bonds. The fourth-order valence-corrected chi connectivity index (χ4v) is 1.91. The van der Waals surface area contributed by atoms with E-state index in [1.54, 1.807) is 6.08 Å². The Labute approximate surface area is 103 Å². The Kier molecular flexibility index (Phi) is 4.02. The van der Waals surface area contributed by atoms with Crippen LogP contribution in [0.5, 0.6) is 0 Å². The molecular formula is C14H20N2O. The molecule has 0 aromatic carbocycles. The van der Waals surface area contributed by atoms with Crippen molar-refractivity contribution in [1.82, 2.24) is 5.32 Å². The number of amidine groups is 1. The van der Waals surface area contributed by atoms with Gasteiger partial charge in [0.15, 0.2) is 0 Å². The highest BCUT2D eigenvalue weighted by Crippen LogP contribution is 2.38. The summed E-state index contributed by atoms with van der Waals surface area (Å²) in [7, 11) is 0. The number of nitrogens with zero attached hydrogens (tertiary/aromatic N) is 1. The lowest BCUT2D eigenvalue weighted by Gasteiger charge is -2.10. The van der Waals surface area contributed by atoms with E-state index >= 15 is 0 Å². The van der Waals surface area contributed by atoms with Gasteiger partial charge in [-0.25, -0.2) is 0 Å². The van der Waals surface area contributed by atoms with Gasteiger partial charge in [0.2, 0.25) is 0 Å². The summed E-state index contributed by atoms with van der Waals surface area (Å²) < 4.78 is 5.79. The minimum Gasteiger partial charge on any atom is -0.490 e. The predicted molar refractivity (Wildman–Crippen MR) is 71.0 cm³/mol. The Hall–Kier alpha value is -1.51. The minimum absolute atomic E-state index is 0.560. The fourth-order valence-electron chi connectivity index (χ4n) is 1.91. The number of nitrogens with one attached hydrogen (secondary N) is 1. The number of allylic oxidation sites excluding steroid dienone is 5. The van der Waals surface area contributed by atoms with E-state index in [9.17, 15) is 0 Å². The molecule has 2 aliphatic rings. The van der Waals surface area contributed by atoms with Crippen LogP contribution in [0, 0.1) is 5.92 Å². The summed E-state index contributed by atoms with van der Waals surface area (Å²) in [6.07, 6.45) is 8.45. The second kappa shape index (κ2) is 5.71. The van der Waals surface area contributed by atoms with Crippen LogP contribution in [0.3, 0.4) is 0 Å². The highest BCUT2D eigenvalue weighted by atomic mass is 16.5. The van der Waals surface area contributed by atoms with Gasteiger partial charge in [-0.3, -0.25) is 4.99 Å². The Balaban J connectivity index is 1.95. The molecule has 17 heavy (non-hydrogen) atoms. The lowest BCUT2D eigenvalue weighted by atomic mass is 10.1. The van der Waals surface area contributed by atoms with Crippen molar-refractivity contribution in [2.45, 2.75) is 19.8 Å². The highest BCUT2D eigenvalue weighted by Gasteiger charge is 2.26. The van der Waals surface area contributed by atoms with E-state index < -0.39 is 0 Å². The van der Waals surface area contributed by atoms with Gasteiger partial charge in [0, 0.05) is 6.54 Å². The fraction of sp³-hybridized carbons (Fsp3) is 0.500. The molecule has 0 spiro atoms. The molecule has 1 aliphatic carbocycles. The number of hydrogen-bond acceptors (Lipinski definition) is 3. The van der Waals surface area contributed by atoms with Crippen LogP contribution in [0.1, 0.15) is 19.8 Å². The van der Waals surface area contributed by atoms with Crippen molar-refractivity contribution in [3.63, 3.8) is 0 Å². The van der Waals surface area contributed by atoms with Crippen LogP contribution < -0.4 is 5.32 Å². The Morgan fingerprint density at radius 3 is 3.00 bits per heavy atom. The lowest BCUT2D eigenvalue weighted by Crippen LogP contribution is -2.23. The van der Waals surface area contributed by atoms with Gasteiger partial charge in [-0.15, -0.1) is 0 Å². The average Bonchev–Trinajstić information content (AvgIpc) is 3.03. The second-order valence-corrected chi connectivity index (χ2v) is 4.42. The number of rotatable bonds is 6. The first-order chi connectivity index (χ1) is 8.31. The molecule has 0 atom stereocenters. The van der Waals surface area contributed by atoms with E-state index in [2.05, 4.69) is 23.0 Å². The molecule has 1 heterocycles. The van der Waals surface area contributed by atoms with Crippen molar-refractivity contribution < 1.29 is 4.74 Å². The Morgan fingerprint density at radius 2 is 2.41 bits per heavy atom. The monoisotopic (exact) mass is 232 g/mol. The van der Waals surface area contributed by atoms with Gasteiger partial charge in [-0.05, 0) is 31.3 Å². The maximum atomic E-state index is 5.79. The summed E-state index contributed by atoms with van der Waals surface area (Å²) in [5.74, 6) is 2.67. The molecule has 0 aromatic heterocycles. The molecule has 1 N–H and O–H groups in total. The molecule has 3 nitrogen and oxygen atoms in total.